The highest BCUT2D eigenvalue weighted by molar-refractivity contribution is 7.51. The van der Waals surface area contributed by atoms with Gasteiger partial charge in [0.25, 0.3) is 0 Å². The third-order valence-electron chi connectivity index (χ3n) is 2.89. The number of nitrogens with two attached hydrogens (primary N) is 2. The molecule has 0 saturated carbocycles. The molecule has 0 aliphatic carbocycles. The summed E-state index contributed by atoms with van der Waals surface area (Å²) in [5.74, 6) is 0.165. The monoisotopic (exact) mass is 346 g/mol. The second-order valence-corrected chi connectivity index (χ2v) is 6.37. The molecular weight excluding hydrogens is 327 g/mol. The lowest BCUT2D eigenvalue weighted by Crippen LogP contribution is -2.26. The van der Waals surface area contributed by atoms with Gasteiger partial charge in [0.1, 0.15) is 11.9 Å². The van der Waals surface area contributed by atoms with E-state index in [1.165, 1.54) is 6.33 Å². The van der Waals surface area contributed by atoms with E-state index in [1.807, 2.05) is 0 Å². The van der Waals surface area contributed by atoms with Crippen LogP contribution < -0.4 is 11.5 Å². The van der Waals surface area contributed by atoms with Crippen LogP contribution in [0, 0.1) is 0 Å². The number of ether oxygens (including phenoxy) is 2. The Morgan fingerprint density at radius 3 is 2.78 bits per heavy atom. The van der Waals surface area contributed by atoms with Crippen LogP contribution in [0.3, 0.4) is 0 Å². The van der Waals surface area contributed by atoms with Crippen LogP contribution in [-0.2, 0) is 20.6 Å². The van der Waals surface area contributed by atoms with Crippen LogP contribution in [0.5, 0.6) is 0 Å². The molecule has 12 heteroatoms. The first-order valence-electron chi connectivity index (χ1n) is 6.78. The first kappa shape index (κ1) is 17.6. The van der Waals surface area contributed by atoms with Gasteiger partial charge in [-0.05, 0) is 6.92 Å². The molecule has 0 aliphatic heterocycles. The van der Waals surface area contributed by atoms with E-state index in [4.69, 9.17) is 30.7 Å². The van der Waals surface area contributed by atoms with Gasteiger partial charge in [0.15, 0.2) is 11.5 Å². The van der Waals surface area contributed by atoms with Gasteiger partial charge in [-0.3, -0.25) is 4.57 Å². The Bertz CT molecular complexity index is 716. The molecule has 2 aromatic heterocycles. The molecule has 6 N–H and O–H groups in total. The predicted octanol–water partition coefficient (Wildman–Crippen LogP) is -0.452. The summed E-state index contributed by atoms with van der Waals surface area (Å²) < 4.78 is 23.1. The van der Waals surface area contributed by atoms with Crippen LogP contribution in [0.4, 0.5) is 11.8 Å². The molecule has 0 spiro atoms. The van der Waals surface area contributed by atoms with Crippen LogP contribution in [0.15, 0.2) is 6.33 Å². The van der Waals surface area contributed by atoms with Crippen molar-refractivity contribution in [2.75, 3.05) is 31.0 Å². The van der Waals surface area contributed by atoms with Crippen LogP contribution in [0.25, 0.3) is 11.2 Å². The summed E-state index contributed by atoms with van der Waals surface area (Å²) in [6.07, 6.45) is 0.184. The summed E-state index contributed by atoms with van der Waals surface area (Å²) in [6.45, 7) is 2.63. The molecule has 128 valence electrons. The number of anilines is 2. The first-order chi connectivity index (χ1) is 10.8. The second kappa shape index (κ2) is 7.20. The van der Waals surface area contributed by atoms with Gasteiger partial charge in [-0.15, -0.1) is 0 Å². The Morgan fingerprint density at radius 2 is 2.13 bits per heavy atom. The largest absolute Gasteiger partial charge is 0.382 e. The van der Waals surface area contributed by atoms with Crippen molar-refractivity contribution in [3.05, 3.63) is 6.33 Å². The highest BCUT2D eigenvalue weighted by Crippen LogP contribution is 2.34. The van der Waals surface area contributed by atoms with Crippen LogP contribution in [0.2, 0.25) is 0 Å². The minimum atomic E-state index is -4.27. The van der Waals surface area contributed by atoms with Gasteiger partial charge in [-0.1, -0.05) is 0 Å². The van der Waals surface area contributed by atoms with E-state index in [1.54, 1.807) is 11.5 Å². The van der Waals surface area contributed by atoms with Gasteiger partial charge in [0, 0.05) is 6.61 Å². The van der Waals surface area contributed by atoms with Crippen molar-refractivity contribution in [3.63, 3.8) is 0 Å². The highest BCUT2D eigenvalue weighted by Gasteiger charge is 2.20. The zero-order valence-electron chi connectivity index (χ0n) is 12.5. The van der Waals surface area contributed by atoms with Gasteiger partial charge < -0.3 is 35.3 Å². The van der Waals surface area contributed by atoms with Crippen LogP contribution >= 0.6 is 7.60 Å². The lowest BCUT2D eigenvalue weighted by molar-refractivity contribution is -0.00828. The molecule has 2 rings (SSSR count). The molecule has 0 radical (unpaired) electrons. The van der Waals surface area contributed by atoms with E-state index in [-0.39, 0.29) is 24.9 Å². The standard InChI is InChI=1S/C11H19N6O5P/c1-2-21-4-7(22-6-23(18,19)20)3-17-5-14-8-9(12)15-11(13)16-10(8)17/h5,7H,2-4,6H2,1H3,(H2,18,19,20)(H4,12,13,15,16). The Balaban J connectivity index is 2.19. The topological polar surface area (TPSA) is 172 Å². The maximum atomic E-state index is 11.0. The summed E-state index contributed by atoms with van der Waals surface area (Å²) in [6, 6.07) is 0. The van der Waals surface area contributed by atoms with Gasteiger partial charge in [0.05, 0.1) is 25.6 Å². The molecule has 11 nitrogen and oxygen atoms in total. The summed E-state index contributed by atoms with van der Waals surface area (Å²) in [5.41, 5.74) is 12.1. The molecule has 0 bridgehead atoms. The molecule has 2 heterocycles. The van der Waals surface area contributed by atoms with Crippen molar-refractivity contribution < 1.29 is 23.8 Å². The fourth-order valence-electron chi connectivity index (χ4n) is 1.94. The van der Waals surface area contributed by atoms with Crippen molar-refractivity contribution in [1.82, 2.24) is 19.5 Å². The zero-order valence-corrected chi connectivity index (χ0v) is 13.4. The summed E-state index contributed by atoms with van der Waals surface area (Å²) in [4.78, 5) is 29.9. The molecular formula is C11H19N6O5P. The van der Waals surface area contributed by atoms with E-state index in [0.717, 1.165) is 0 Å². The highest BCUT2D eigenvalue weighted by atomic mass is 31.2. The van der Waals surface area contributed by atoms with E-state index in [9.17, 15) is 4.57 Å². The van der Waals surface area contributed by atoms with Crippen LogP contribution in [-0.4, -0.2) is 55.0 Å². The van der Waals surface area contributed by atoms with E-state index >= 15 is 0 Å². The maximum Gasteiger partial charge on any atom is 0.350 e. The summed E-state index contributed by atoms with van der Waals surface area (Å²) in [5, 5.41) is 0. The predicted molar refractivity (Wildman–Crippen MR) is 82.4 cm³/mol. The fourth-order valence-corrected chi connectivity index (χ4v) is 2.35. The number of fused-ring (bicyclic) bond motifs is 1. The Morgan fingerprint density at radius 1 is 1.39 bits per heavy atom. The Labute approximate surface area is 131 Å². The van der Waals surface area contributed by atoms with E-state index in [2.05, 4.69) is 15.0 Å². The third-order valence-corrected chi connectivity index (χ3v) is 3.38. The third kappa shape index (κ3) is 4.85. The first-order valence-corrected chi connectivity index (χ1v) is 8.57. The second-order valence-electron chi connectivity index (χ2n) is 4.78. The lowest BCUT2D eigenvalue weighted by atomic mass is 10.3. The average molecular weight is 346 g/mol. The minimum Gasteiger partial charge on any atom is -0.382 e. The molecule has 0 fully saturated rings. The van der Waals surface area contributed by atoms with Crippen molar-refractivity contribution in [1.29, 1.82) is 0 Å². The van der Waals surface area contributed by atoms with Crippen molar-refractivity contribution in [3.8, 4) is 0 Å². The molecule has 1 atom stereocenters. The molecule has 23 heavy (non-hydrogen) atoms. The quantitative estimate of drug-likeness (QED) is 0.458. The van der Waals surface area contributed by atoms with E-state index < -0.39 is 20.0 Å². The maximum absolute atomic E-state index is 11.0. The minimum absolute atomic E-state index is 0.00856. The molecule has 0 aromatic carbocycles. The van der Waals surface area contributed by atoms with Crippen molar-refractivity contribution in [2.24, 2.45) is 0 Å². The van der Waals surface area contributed by atoms with Gasteiger partial charge in [-0.2, -0.15) is 9.97 Å². The smallest absolute Gasteiger partial charge is 0.350 e. The number of imidazole rings is 1. The van der Waals surface area contributed by atoms with Gasteiger partial charge in [0.2, 0.25) is 5.95 Å². The van der Waals surface area contributed by atoms with Crippen molar-refractivity contribution >= 4 is 30.5 Å². The van der Waals surface area contributed by atoms with Gasteiger partial charge in [-0.25, -0.2) is 4.98 Å². The van der Waals surface area contributed by atoms with E-state index in [0.29, 0.717) is 17.8 Å². The Kier molecular flexibility index (Phi) is 5.50. The van der Waals surface area contributed by atoms with Crippen LogP contribution in [0.1, 0.15) is 6.92 Å². The molecule has 0 aliphatic rings. The zero-order chi connectivity index (χ0) is 17.0. The fraction of sp³-hybridized carbons (Fsp3) is 0.545. The molecule has 2 aromatic rings. The SMILES string of the molecule is CCOCC(Cn1cnc2c(N)nc(N)nc21)OCP(=O)(O)O. The number of hydrogen-bond donors (Lipinski definition) is 4. The van der Waals surface area contributed by atoms with Gasteiger partial charge >= 0.3 is 7.60 Å². The summed E-state index contributed by atoms with van der Waals surface area (Å²) >= 11 is 0. The normalized spacial score (nSPS) is 13.5. The molecule has 0 amide bonds. The number of hydrogen-bond acceptors (Lipinski definition) is 8. The number of aromatic nitrogens is 4. The molecule has 1 unspecified atom stereocenters. The number of nitrogen functional groups attached to an aromatic ring is 2. The molecule has 0 saturated heterocycles. The Hall–Kier alpha value is -1.78. The lowest BCUT2D eigenvalue weighted by Gasteiger charge is -2.19. The summed E-state index contributed by atoms with van der Waals surface area (Å²) in [7, 11) is -4.27. The number of nitrogens with zero attached hydrogens (tertiary/aromatic N) is 4. The van der Waals surface area contributed by atoms with Crippen molar-refractivity contribution in [2.45, 2.75) is 19.6 Å². The number of rotatable bonds is 8. The average Bonchev–Trinajstić information content (AvgIpc) is 2.84.